The van der Waals surface area contributed by atoms with Gasteiger partial charge in [-0.25, -0.2) is 4.98 Å². The van der Waals surface area contributed by atoms with Crippen LogP contribution in [0.15, 0.2) is 29.0 Å². The van der Waals surface area contributed by atoms with Crippen LogP contribution in [0.5, 0.6) is 5.75 Å². The Morgan fingerprint density at radius 3 is 2.94 bits per heavy atom. The highest BCUT2D eigenvalue weighted by Crippen LogP contribution is 2.24. The number of ether oxygens (including phenoxy) is 1. The molecule has 2 N–H and O–H groups in total. The largest absolute Gasteiger partial charge is 0.497 e. The molecule has 0 spiro atoms. The Labute approximate surface area is 106 Å². The first-order valence-electron chi connectivity index (χ1n) is 4.70. The van der Waals surface area contributed by atoms with Crippen molar-refractivity contribution < 1.29 is 9.53 Å². The third-order valence-electron chi connectivity index (χ3n) is 1.99. The first-order chi connectivity index (χ1) is 8.19. The fourth-order valence-electron chi connectivity index (χ4n) is 1.26. The van der Waals surface area contributed by atoms with Crippen molar-refractivity contribution in [1.82, 2.24) is 15.2 Å². The fourth-order valence-corrected chi connectivity index (χ4v) is 1.73. The lowest BCUT2D eigenvalue weighted by Crippen LogP contribution is -2.13. The maximum Gasteiger partial charge on any atom is 0.292 e. The van der Waals surface area contributed by atoms with E-state index < -0.39 is 0 Å². The maximum atomic E-state index is 11.7. The van der Waals surface area contributed by atoms with E-state index in [1.807, 2.05) is 0 Å². The Kier molecular flexibility index (Phi) is 3.38. The lowest BCUT2D eigenvalue weighted by atomic mass is 10.3. The maximum absolute atomic E-state index is 11.7. The molecular weight excluding hydrogens is 288 g/mol. The van der Waals surface area contributed by atoms with Gasteiger partial charge in [-0.15, -0.1) is 0 Å². The molecule has 0 atom stereocenters. The van der Waals surface area contributed by atoms with Gasteiger partial charge >= 0.3 is 0 Å². The van der Waals surface area contributed by atoms with E-state index in [1.165, 1.54) is 6.33 Å². The second-order valence-corrected chi connectivity index (χ2v) is 4.08. The molecule has 7 heteroatoms. The Bertz CT molecular complexity index is 527. The predicted molar refractivity (Wildman–Crippen MR) is 65.0 cm³/mol. The van der Waals surface area contributed by atoms with Crippen LogP contribution in [0, 0.1) is 0 Å². The molecule has 2 rings (SSSR count). The van der Waals surface area contributed by atoms with Crippen LogP contribution in [-0.4, -0.2) is 28.2 Å². The molecule has 1 aromatic heterocycles. The number of anilines is 1. The van der Waals surface area contributed by atoms with Gasteiger partial charge in [-0.05, 0) is 12.1 Å². The van der Waals surface area contributed by atoms with E-state index in [-0.39, 0.29) is 11.7 Å². The number of nitrogens with zero attached hydrogens (tertiary/aromatic N) is 2. The average Bonchev–Trinajstić information content (AvgIpc) is 2.81. The topological polar surface area (TPSA) is 79.9 Å². The van der Waals surface area contributed by atoms with E-state index in [2.05, 4.69) is 36.4 Å². The average molecular weight is 297 g/mol. The minimum atomic E-state index is -0.359. The fraction of sp³-hybridized carbons (Fsp3) is 0.100. The Hall–Kier alpha value is -1.89. The SMILES string of the molecule is COc1cc(Br)cc(NC(=O)c2ncn[nH]2)c1. The van der Waals surface area contributed by atoms with Crippen molar-refractivity contribution in [3.63, 3.8) is 0 Å². The number of amides is 1. The minimum Gasteiger partial charge on any atom is -0.497 e. The molecule has 0 saturated heterocycles. The van der Waals surface area contributed by atoms with Crippen molar-refractivity contribution in [1.29, 1.82) is 0 Å². The summed E-state index contributed by atoms with van der Waals surface area (Å²) >= 11 is 3.33. The molecule has 6 nitrogen and oxygen atoms in total. The van der Waals surface area contributed by atoms with Crippen LogP contribution in [-0.2, 0) is 0 Å². The number of rotatable bonds is 3. The summed E-state index contributed by atoms with van der Waals surface area (Å²) in [5, 5.41) is 8.77. The van der Waals surface area contributed by atoms with Crippen LogP contribution in [0.3, 0.4) is 0 Å². The number of aromatic amines is 1. The van der Waals surface area contributed by atoms with Crippen molar-refractivity contribution in [3.8, 4) is 5.75 Å². The highest BCUT2D eigenvalue weighted by Gasteiger charge is 2.09. The number of H-pyrrole nitrogens is 1. The van der Waals surface area contributed by atoms with Crippen molar-refractivity contribution in [2.75, 3.05) is 12.4 Å². The molecule has 0 radical (unpaired) electrons. The van der Waals surface area contributed by atoms with Gasteiger partial charge in [0.25, 0.3) is 5.91 Å². The van der Waals surface area contributed by atoms with E-state index >= 15 is 0 Å². The highest BCUT2D eigenvalue weighted by atomic mass is 79.9. The van der Waals surface area contributed by atoms with Gasteiger partial charge in [0, 0.05) is 16.2 Å². The van der Waals surface area contributed by atoms with Gasteiger partial charge in [-0.1, -0.05) is 15.9 Å². The highest BCUT2D eigenvalue weighted by molar-refractivity contribution is 9.10. The summed E-state index contributed by atoms with van der Waals surface area (Å²) in [7, 11) is 1.56. The van der Waals surface area contributed by atoms with E-state index in [9.17, 15) is 4.79 Å². The monoisotopic (exact) mass is 296 g/mol. The molecule has 0 unspecified atom stereocenters. The summed E-state index contributed by atoms with van der Waals surface area (Å²) in [6.45, 7) is 0. The van der Waals surface area contributed by atoms with Crippen LogP contribution in [0.2, 0.25) is 0 Å². The lowest BCUT2D eigenvalue weighted by Gasteiger charge is -2.06. The van der Waals surface area contributed by atoms with Crippen molar-refractivity contribution >= 4 is 27.5 Å². The Morgan fingerprint density at radius 1 is 1.47 bits per heavy atom. The van der Waals surface area contributed by atoms with Crippen molar-refractivity contribution in [2.45, 2.75) is 0 Å². The summed E-state index contributed by atoms with van der Waals surface area (Å²) in [6, 6.07) is 5.26. The van der Waals surface area contributed by atoms with E-state index in [0.29, 0.717) is 11.4 Å². The molecule has 1 aromatic carbocycles. The second-order valence-electron chi connectivity index (χ2n) is 3.17. The summed E-state index contributed by atoms with van der Waals surface area (Å²) in [5.41, 5.74) is 0.609. The molecule has 0 saturated carbocycles. The molecule has 1 heterocycles. The summed E-state index contributed by atoms with van der Waals surface area (Å²) in [6.07, 6.45) is 1.27. The molecule has 0 bridgehead atoms. The number of hydrogen-bond donors (Lipinski definition) is 2. The standard InChI is InChI=1S/C10H9BrN4O2/c1-17-8-3-6(11)2-7(4-8)14-10(16)9-12-5-13-15-9/h2-5H,1H3,(H,14,16)(H,12,13,15). The third-order valence-corrected chi connectivity index (χ3v) is 2.45. The zero-order valence-corrected chi connectivity index (χ0v) is 10.5. The Morgan fingerprint density at radius 2 is 2.29 bits per heavy atom. The number of methoxy groups -OCH3 is 1. The molecule has 0 aliphatic rings. The second kappa shape index (κ2) is 4.96. The van der Waals surface area contributed by atoms with Gasteiger partial charge in [0.05, 0.1) is 7.11 Å². The van der Waals surface area contributed by atoms with Crippen molar-refractivity contribution in [3.05, 3.63) is 34.8 Å². The summed E-state index contributed by atoms with van der Waals surface area (Å²) < 4.78 is 5.90. The molecule has 2 aromatic rings. The van der Waals surface area contributed by atoms with Crippen LogP contribution in [0.4, 0.5) is 5.69 Å². The quantitative estimate of drug-likeness (QED) is 0.905. The molecule has 1 amide bonds. The number of benzene rings is 1. The van der Waals surface area contributed by atoms with E-state index in [0.717, 1.165) is 4.47 Å². The number of hydrogen-bond acceptors (Lipinski definition) is 4. The molecule has 88 valence electrons. The number of carbonyl (C=O) groups is 1. The zero-order valence-electron chi connectivity index (χ0n) is 8.90. The zero-order chi connectivity index (χ0) is 12.3. The molecule has 0 aliphatic heterocycles. The molecule has 17 heavy (non-hydrogen) atoms. The lowest BCUT2D eigenvalue weighted by molar-refractivity contribution is 0.101. The summed E-state index contributed by atoms with van der Waals surface area (Å²) in [5.74, 6) is 0.443. The normalized spacial score (nSPS) is 10.0. The van der Waals surface area contributed by atoms with E-state index in [4.69, 9.17) is 4.74 Å². The van der Waals surface area contributed by atoms with Gasteiger partial charge in [0.1, 0.15) is 12.1 Å². The van der Waals surface area contributed by atoms with Gasteiger partial charge < -0.3 is 10.1 Å². The van der Waals surface area contributed by atoms with Crippen LogP contribution in [0.25, 0.3) is 0 Å². The van der Waals surface area contributed by atoms with Gasteiger partial charge in [-0.2, -0.15) is 5.10 Å². The van der Waals surface area contributed by atoms with Gasteiger partial charge in [0.2, 0.25) is 5.82 Å². The number of halogens is 1. The van der Waals surface area contributed by atoms with Gasteiger partial charge in [0.15, 0.2) is 0 Å². The van der Waals surface area contributed by atoms with Gasteiger partial charge in [-0.3, -0.25) is 9.89 Å². The van der Waals surface area contributed by atoms with Crippen molar-refractivity contribution in [2.24, 2.45) is 0 Å². The summed E-state index contributed by atoms with van der Waals surface area (Å²) in [4.78, 5) is 15.4. The smallest absolute Gasteiger partial charge is 0.292 e. The van der Waals surface area contributed by atoms with Crippen LogP contribution < -0.4 is 10.1 Å². The number of carbonyl (C=O) groups excluding carboxylic acids is 1. The first-order valence-corrected chi connectivity index (χ1v) is 5.49. The Balaban J connectivity index is 2.18. The number of aromatic nitrogens is 3. The first kappa shape index (κ1) is 11.6. The van der Waals surface area contributed by atoms with E-state index in [1.54, 1.807) is 25.3 Å². The number of nitrogens with one attached hydrogen (secondary N) is 2. The molecule has 0 fully saturated rings. The van der Waals surface area contributed by atoms with Crippen LogP contribution in [0.1, 0.15) is 10.6 Å². The molecule has 0 aliphatic carbocycles. The predicted octanol–water partition coefficient (Wildman–Crippen LogP) is 1.83. The third kappa shape index (κ3) is 2.82. The minimum absolute atomic E-state index is 0.156. The van der Waals surface area contributed by atoms with Crippen LogP contribution >= 0.6 is 15.9 Å². The molecular formula is C10H9BrN4O2.